The van der Waals surface area contributed by atoms with E-state index in [2.05, 4.69) is 15.7 Å². The molecule has 29 heavy (non-hydrogen) atoms. The Balaban J connectivity index is 1.70. The van der Waals surface area contributed by atoms with E-state index in [-0.39, 0.29) is 29.3 Å². The first-order chi connectivity index (χ1) is 13.9. The lowest BCUT2D eigenvalue weighted by molar-refractivity contribution is -0.122. The molecule has 1 heterocycles. The third-order valence-corrected chi connectivity index (χ3v) is 4.58. The van der Waals surface area contributed by atoms with Gasteiger partial charge in [-0.3, -0.25) is 24.3 Å². The van der Waals surface area contributed by atoms with Crippen LogP contribution in [0.15, 0.2) is 58.1 Å². The summed E-state index contributed by atoms with van der Waals surface area (Å²) in [5, 5.41) is 8.56. The number of carbonyl (C=O) groups is 2. The summed E-state index contributed by atoms with van der Waals surface area (Å²) in [6.45, 7) is 3.28. The molecular formula is C21H22N4O4. The van der Waals surface area contributed by atoms with Crippen LogP contribution in [0.3, 0.4) is 0 Å². The van der Waals surface area contributed by atoms with Gasteiger partial charge in [-0.25, -0.2) is 4.68 Å². The highest BCUT2D eigenvalue weighted by Gasteiger charge is 2.13. The number of hydrogen-bond acceptors (Lipinski definition) is 4. The van der Waals surface area contributed by atoms with Crippen molar-refractivity contribution in [2.45, 2.75) is 32.9 Å². The van der Waals surface area contributed by atoms with Gasteiger partial charge in [-0.2, -0.15) is 0 Å². The Labute approximate surface area is 166 Å². The SMILES string of the molecule is CCC(=O)Nc1ccc(C(C)NC(=O)Cn2[nH]c(=O)c3ccccc3c2=O)cc1. The van der Waals surface area contributed by atoms with E-state index in [1.165, 1.54) is 0 Å². The zero-order valence-electron chi connectivity index (χ0n) is 16.2. The third kappa shape index (κ3) is 4.60. The van der Waals surface area contributed by atoms with Crippen LogP contribution >= 0.6 is 0 Å². The number of carbonyl (C=O) groups excluding carboxylic acids is 2. The first-order valence-corrected chi connectivity index (χ1v) is 9.30. The van der Waals surface area contributed by atoms with Crippen LogP contribution in [-0.2, 0) is 16.1 Å². The van der Waals surface area contributed by atoms with Crippen molar-refractivity contribution in [2.24, 2.45) is 0 Å². The highest BCUT2D eigenvalue weighted by molar-refractivity contribution is 5.90. The topological polar surface area (TPSA) is 113 Å². The zero-order chi connectivity index (χ0) is 21.0. The molecular weight excluding hydrogens is 372 g/mol. The number of nitrogens with one attached hydrogen (secondary N) is 3. The van der Waals surface area contributed by atoms with E-state index in [9.17, 15) is 19.2 Å². The molecule has 2 aromatic carbocycles. The van der Waals surface area contributed by atoms with Gasteiger partial charge in [0.2, 0.25) is 11.8 Å². The van der Waals surface area contributed by atoms with Crippen molar-refractivity contribution in [3.8, 4) is 0 Å². The van der Waals surface area contributed by atoms with Crippen LogP contribution < -0.4 is 21.8 Å². The number of aromatic nitrogens is 2. The molecule has 0 bridgehead atoms. The summed E-state index contributed by atoms with van der Waals surface area (Å²) in [6.07, 6.45) is 0.393. The molecule has 0 aliphatic carbocycles. The van der Waals surface area contributed by atoms with Crippen LogP contribution in [0.2, 0.25) is 0 Å². The molecule has 0 saturated heterocycles. The number of fused-ring (bicyclic) bond motifs is 1. The first kappa shape index (κ1) is 20.1. The van der Waals surface area contributed by atoms with Crippen LogP contribution in [-0.4, -0.2) is 21.6 Å². The van der Waals surface area contributed by atoms with E-state index < -0.39 is 17.0 Å². The second-order valence-electron chi connectivity index (χ2n) is 6.69. The van der Waals surface area contributed by atoms with Gasteiger partial charge in [-0.1, -0.05) is 31.2 Å². The summed E-state index contributed by atoms with van der Waals surface area (Å²) >= 11 is 0. The highest BCUT2D eigenvalue weighted by atomic mass is 16.2. The van der Waals surface area contributed by atoms with Gasteiger partial charge in [0.05, 0.1) is 16.8 Å². The fourth-order valence-electron chi connectivity index (χ4n) is 2.98. The van der Waals surface area contributed by atoms with Gasteiger partial charge in [0, 0.05) is 12.1 Å². The Kier molecular flexibility index (Phi) is 5.92. The maximum Gasteiger partial charge on any atom is 0.273 e. The number of hydrogen-bond donors (Lipinski definition) is 3. The van der Waals surface area contributed by atoms with E-state index in [0.717, 1.165) is 10.2 Å². The minimum absolute atomic E-state index is 0.0751. The zero-order valence-corrected chi connectivity index (χ0v) is 16.2. The quantitative estimate of drug-likeness (QED) is 0.593. The lowest BCUT2D eigenvalue weighted by Crippen LogP contribution is -2.37. The molecule has 2 amide bonds. The van der Waals surface area contributed by atoms with Gasteiger partial charge in [0.25, 0.3) is 11.1 Å². The predicted molar refractivity (Wildman–Crippen MR) is 111 cm³/mol. The molecule has 0 radical (unpaired) electrons. The molecule has 0 spiro atoms. The maximum absolute atomic E-state index is 12.5. The number of H-pyrrole nitrogens is 1. The molecule has 0 aliphatic rings. The fourth-order valence-corrected chi connectivity index (χ4v) is 2.98. The monoisotopic (exact) mass is 394 g/mol. The summed E-state index contributed by atoms with van der Waals surface area (Å²) in [7, 11) is 0. The highest BCUT2D eigenvalue weighted by Crippen LogP contribution is 2.16. The number of anilines is 1. The molecule has 1 atom stereocenters. The van der Waals surface area contributed by atoms with Crippen molar-refractivity contribution < 1.29 is 9.59 Å². The Morgan fingerprint density at radius 1 is 1.00 bits per heavy atom. The minimum atomic E-state index is -0.431. The van der Waals surface area contributed by atoms with E-state index in [0.29, 0.717) is 12.1 Å². The summed E-state index contributed by atoms with van der Waals surface area (Å²) < 4.78 is 1.01. The fraction of sp³-hybridized carbons (Fsp3) is 0.238. The Bertz CT molecular complexity index is 1160. The van der Waals surface area contributed by atoms with Gasteiger partial charge in [0.15, 0.2) is 0 Å². The van der Waals surface area contributed by atoms with Gasteiger partial charge in [-0.15, -0.1) is 0 Å². The van der Waals surface area contributed by atoms with Crippen LogP contribution in [0, 0.1) is 0 Å². The molecule has 8 nitrogen and oxygen atoms in total. The molecule has 3 aromatic rings. The largest absolute Gasteiger partial charge is 0.348 e. The lowest BCUT2D eigenvalue weighted by Gasteiger charge is -2.15. The first-order valence-electron chi connectivity index (χ1n) is 9.30. The number of rotatable bonds is 6. The summed E-state index contributed by atoms with van der Waals surface area (Å²) in [5.74, 6) is -0.484. The predicted octanol–water partition coefficient (Wildman–Crippen LogP) is 1.92. The minimum Gasteiger partial charge on any atom is -0.348 e. The Morgan fingerprint density at radius 3 is 2.31 bits per heavy atom. The van der Waals surface area contributed by atoms with E-state index in [4.69, 9.17) is 0 Å². The third-order valence-electron chi connectivity index (χ3n) is 4.58. The summed E-state index contributed by atoms with van der Waals surface area (Å²) in [5.41, 5.74) is 0.663. The van der Waals surface area contributed by atoms with Gasteiger partial charge in [-0.05, 0) is 36.8 Å². The lowest BCUT2D eigenvalue weighted by atomic mass is 10.1. The smallest absolute Gasteiger partial charge is 0.273 e. The number of benzene rings is 2. The van der Waals surface area contributed by atoms with Gasteiger partial charge < -0.3 is 10.6 Å². The average Bonchev–Trinajstić information content (AvgIpc) is 2.72. The molecule has 0 fully saturated rings. The number of nitrogens with zero attached hydrogens (tertiary/aromatic N) is 1. The molecule has 1 unspecified atom stereocenters. The van der Waals surface area contributed by atoms with Crippen LogP contribution in [0.25, 0.3) is 10.8 Å². The van der Waals surface area contributed by atoms with Crippen LogP contribution in [0.1, 0.15) is 31.9 Å². The van der Waals surface area contributed by atoms with Crippen LogP contribution in [0.4, 0.5) is 5.69 Å². The maximum atomic E-state index is 12.5. The van der Waals surface area contributed by atoms with Crippen LogP contribution in [0.5, 0.6) is 0 Å². The van der Waals surface area contributed by atoms with E-state index >= 15 is 0 Å². The Hall–Kier alpha value is -3.68. The number of aromatic amines is 1. The molecule has 3 rings (SSSR count). The number of amides is 2. The van der Waals surface area contributed by atoms with E-state index in [1.54, 1.807) is 55.5 Å². The molecule has 8 heteroatoms. The van der Waals surface area contributed by atoms with Crippen molar-refractivity contribution in [1.29, 1.82) is 0 Å². The summed E-state index contributed by atoms with van der Waals surface area (Å²) in [6, 6.07) is 13.3. The molecule has 1 aromatic heterocycles. The molecule has 0 saturated carbocycles. The summed E-state index contributed by atoms with van der Waals surface area (Å²) in [4.78, 5) is 48.5. The second-order valence-corrected chi connectivity index (χ2v) is 6.69. The average molecular weight is 394 g/mol. The molecule has 3 N–H and O–H groups in total. The van der Waals surface area contributed by atoms with Gasteiger partial charge >= 0.3 is 0 Å². The molecule has 0 aliphatic heterocycles. The van der Waals surface area contributed by atoms with Crippen molar-refractivity contribution in [2.75, 3.05) is 5.32 Å². The second kappa shape index (κ2) is 8.55. The van der Waals surface area contributed by atoms with Crippen molar-refractivity contribution in [3.05, 3.63) is 74.8 Å². The standard InChI is InChI=1S/C21H22N4O4/c1-3-18(26)23-15-10-8-14(9-11-15)13(2)22-19(27)12-25-21(29)17-7-5-4-6-16(17)20(28)24-25/h4-11,13H,3,12H2,1-2H3,(H,22,27)(H,23,26)(H,24,28). The van der Waals surface area contributed by atoms with Crippen molar-refractivity contribution in [3.63, 3.8) is 0 Å². The van der Waals surface area contributed by atoms with Gasteiger partial charge in [0.1, 0.15) is 6.54 Å². The molecule has 150 valence electrons. The Morgan fingerprint density at radius 2 is 1.66 bits per heavy atom. The van der Waals surface area contributed by atoms with E-state index in [1.807, 2.05) is 6.92 Å². The van der Waals surface area contributed by atoms with Crippen molar-refractivity contribution >= 4 is 28.3 Å². The van der Waals surface area contributed by atoms with Crippen molar-refractivity contribution in [1.82, 2.24) is 15.1 Å². The normalized spacial score (nSPS) is 11.8.